The second-order valence-electron chi connectivity index (χ2n) is 6.46. The van der Waals surface area contributed by atoms with Gasteiger partial charge in [0.2, 0.25) is 0 Å². The Balaban J connectivity index is 1.67. The fraction of sp³-hybridized carbons (Fsp3) is 0.812. The molecule has 2 saturated heterocycles. The number of nitrogens with two attached hydrogens (primary N) is 1. The van der Waals surface area contributed by atoms with Crippen molar-refractivity contribution in [1.29, 1.82) is 0 Å². The predicted octanol–water partition coefficient (Wildman–Crippen LogP) is -1.28. The van der Waals surface area contributed by atoms with Crippen LogP contribution in [0.5, 0.6) is 0 Å². The number of hydrogen-bond acceptors (Lipinski definition) is 5. The zero-order valence-electron chi connectivity index (χ0n) is 14.7. The van der Waals surface area contributed by atoms with Gasteiger partial charge in [-0.3, -0.25) is 14.5 Å². The summed E-state index contributed by atoms with van der Waals surface area (Å²) in [6, 6.07) is 0. The van der Waals surface area contributed by atoms with Crippen LogP contribution in [0.4, 0.5) is 0 Å². The molecular formula is C16H30N6O2. The third-order valence-corrected chi connectivity index (χ3v) is 4.60. The zero-order chi connectivity index (χ0) is 17.4. The third-order valence-electron chi connectivity index (χ3n) is 4.60. The predicted molar refractivity (Wildman–Crippen MR) is 93.9 cm³/mol. The molecule has 0 aromatic rings. The van der Waals surface area contributed by atoms with Crippen molar-refractivity contribution in [2.24, 2.45) is 10.7 Å². The number of aliphatic imine (C=N–C) groups is 1. The normalized spacial score (nSPS) is 20.5. The number of carbonyl (C=O) groups excluding carboxylic acids is 2. The van der Waals surface area contributed by atoms with Crippen molar-refractivity contribution in [3.05, 3.63) is 0 Å². The lowest BCUT2D eigenvalue weighted by Crippen LogP contribution is -2.52. The number of nitrogens with zero attached hydrogens (tertiary/aromatic N) is 4. The summed E-state index contributed by atoms with van der Waals surface area (Å²) in [6.45, 7) is 7.79. The second-order valence-corrected chi connectivity index (χ2v) is 6.46. The molecule has 3 N–H and O–H groups in total. The van der Waals surface area contributed by atoms with Crippen LogP contribution in [-0.2, 0) is 9.59 Å². The van der Waals surface area contributed by atoms with E-state index in [1.807, 2.05) is 0 Å². The van der Waals surface area contributed by atoms with Crippen molar-refractivity contribution < 1.29 is 9.59 Å². The molecule has 2 amide bonds. The smallest absolute Gasteiger partial charge is 0.289 e. The summed E-state index contributed by atoms with van der Waals surface area (Å²) in [5, 5.41) is 2.69. The van der Waals surface area contributed by atoms with E-state index in [-0.39, 0.29) is 18.3 Å². The maximum atomic E-state index is 12.2. The number of rotatable bonds is 6. The minimum absolute atomic E-state index is 0.0821. The molecule has 0 aliphatic carbocycles. The SMILES string of the molecule is CNCC(=O)N=C(N)C(=O)N1CCN(CCCN2CCCC2)CC1. The average molecular weight is 338 g/mol. The summed E-state index contributed by atoms with van der Waals surface area (Å²) in [7, 11) is 1.65. The minimum Gasteiger partial charge on any atom is -0.379 e. The number of amidine groups is 1. The van der Waals surface area contributed by atoms with E-state index in [4.69, 9.17) is 5.73 Å². The molecule has 0 spiro atoms. The van der Waals surface area contributed by atoms with Crippen LogP contribution in [-0.4, -0.2) is 98.3 Å². The fourth-order valence-electron chi connectivity index (χ4n) is 3.23. The topological polar surface area (TPSA) is 94.3 Å². The highest BCUT2D eigenvalue weighted by Gasteiger charge is 2.23. The summed E-state index contributed by atoms with van der Waals surface area (Å²) in [6.07, 6.45) is 3.84. The van der Waals surface area contributed by atoms with Gasteiger partial charge < -0.3 is 20.9 Å². The van der Waals surface area contributed by atoms with E-state index in [9.17, 15) is 9.59 Å². The van der Waals surface area contributed by atoms with Crippen molar-refractivity contribution in [1.82, 2.24) is 20.0 Å². The number of nitrogens with one attached hydrogen (secondary N) is 1. The number of hydrogen-bond donors (Lipinski definition) is 2. The molecule has 0 radical (unpaired) electrons. The molecule has 8 nitrogen and oxygen atoms in total. The van der Waals surface area contributed by atoms with Crippen LogP contribution in [0.15, 0.2) is 4.99 Å². The molecule has 0 unspecified atom stereocenters. The highest BCUT2D eigenvalue weighted by atomic mass is 16.2. The molecule has 0 aromatic carbocycles. The van der Waals surface area contributed by atoms with Gasteiger partial charge in [-0.15, -0.1) is 0 Å². The lowest BCUT2D eigenvalue weighted by atomic mass is 10.2. The van der Waals surface area contributed by atoms with Crippen LogP contribution in [0, 0.1) is 0 Å². The number of amides is 2. The molecule has 0 bridgehead atoms. The van der Waals surface area contributed by atoms with E-state index in [0.29, 0.717) is 13.1 Å². The van der Waals surface area contributed by atoms with Crippen LogP contribution in [0.3, 0.4) is 0 Å². The molecule has 0 saturated carbocycles. The van der Waals surface area contributed by atoms with E-state index in [0.717, 1.165) is 19.6 Å². The number of likely N-dealkylation sites (tertiary alicyclic amines) is 1. The third kappa shape index (κ3) is 5.85. The first-order chi connectivity index (χ1) is 11.6. The van der Waals surface area contributed by atoms with Crippen LogP contribution in [0.2, 0.25) is 0 Å². The van der Waals surface area contributed by atoms with Gasteiger partial charge in [-0.1, -0.05) is 0 Å². The number of likely N-dealkylation sites (N-methyl/N-ethyl adjacent to an activating group) is 1. The quantitative estimate of drug-likeness (QED) is 0.463. The summed E-state index contributed by atoms with van der Waals surface area (Å²) in [4.78, 5) is 33.8. The summed E-state index contributed by atoms with van der Waals surface area (Å²) in [5.74, 6) is -0.974. The van der Waals surface area contributed by atoms with Crippen molar-refractivity contribution in [3.8, 4) is 0 Å². The van der Waals surface area contributed by atoms with Crippen molar-refractivity contribution in [2.75, 3.05) is 66.0 Å². The largest absolute Gasteiger partial charge is 0.379 e. The maximum absolute atomic E-state index is 12.2. The highest BCUT2D eigenvalue weighted by molar-refractivity contribution is 6.38. The molecule has 2 aliphatic rings. The first kappa shape index (κ1) is 18.8. The molecule has 0 atom stereocenters. The zero-order valence-corrected chi connectivity index (χ0v) is 14.7. The van der Waals surface area contributed by atoms with Crippen molar-refractivity contribution in [2.45, 2.75) is 19.3 Å². The summed E-state index contributed by atoms with van der Waals surface area (Å²) >= 11 is 0. The number of carbonyl (C=O) groups is 2. The molecule has 8 heteroatoms. The Morgan fingerprint density at radius 2 is 1.58 bits per heavy atom. The van der Waals surface area contributed by atoms with Gasteiger partial charge in [-0.25, -0.2) is 0 Å². The first-order valence-electron chi connectivity index (χ1n) is 8.85. The first-order valence-corrected chi connectivity index (χ1v) is 8.85. The van der Waals surface area contributed by atoms with Crippen molar-refractivity contribution >= 4 is 17.6 Å². The summed E-state index contributed by atoms with van der Waals surface area (Å²) in [5.41, 5.74) is 5.65. The molecule has 2 rings (SSSR count). The fourth-order valence-corrected chi connectivity index (χ4v) is 3.23. The lowest BCUT2D eigenvalue weighted by Gasteiger charge is -2.34. The van der Waals surface area contributed by atoms with Gasteiger partial charge in [0.25, 0.3) is 11.8 Å². The molecule has 136 valence electrons. The van der Waals surface area contributed by atoms with Gasteiger partial charge in [0.05, 0.1) is 6.54 Å². The van der Waals surface area contributed by atoms with Crippen LogP contribution in [0.1, 0.15) is 19.3 Å². The Morgan fingerprint density at radius 3 is 2.17 bits per heavy atom. The van der Waals surface area contributed by atoms with Crippen LogP contribution < -0.4 is 11.1 Å². The number of piperazine rings is 1. The van der Waals surface area contributed by atoms with Gasteiger partial charge in [0.1, 0.15) is 0 Å². The minimum atomic E-state index is -0.427. The standard InChI is InChI=1S/C16H30N6O2/c1-18-13-14(23)19-15(17)16(24)22-11-9-21(10-12-22)8-4-7-20-5-2-3-6-20/h18H,2-13H2,1H3,(H2,17,19,23). The average Bonchev–Trinajstić information content (AvgIpc) is 3.08. The Bertz CT molecular complexity index is 453. The van der Waals surface area contributed by atoms with Gasteiger partial charge in [-0.05, 0) is 52.5 Å². The second kappa shape index (κ2) is 9.71. The van der Waals surface area contributed by atoms with E-state index in [1.54, 1.807) is 11.9 Å². The maximum Gasteiger partial charge on any atom is 0.289 e. The Labute approximate surface area is 144 Å². The van der Waals surface area contributed by atoms with E-state index in [2.05, 4.69) is 20.1 Å². The van der Waals surface area contributed by atoms with E-state index >= 15 is 0 Å². The Kier molecular flexibility index (Phi) is 7.61. The van der Waals surface area contributed by atoms with E-state index < -0.39 is 5.91 Å². The van der Waals surface area contributed by atoms with Crippen molar-refractivity contribution in [3.63, 3.8) is 0 Å². The van der Waals surface area contributed by atoms with Gasteiger partial charge in [0, 0.05) is 26.2 Å². The van der Waals surface area contributed by atoms with Gasteiger partial charge >= 0.3 is 0 Å². The molecule has 0 aromatic heterocycles. The molecule has 2 heterocycles. The Hall–Kier alpha value is -1.51. The van der Waals surface area contributed by atoms with Gasteiger partial charge in [-0.2, -0.15) is 4.99 Å². The van der Waals surface area contributed by atoms with Crippen LogP contribution in [0.25, 0.3) is 0 Å². The highest BCUT2D eigenvalue weighted by Crippen LogP contribution is 2.09. The molecule has 2 fully saturated rings. The monoisotopic (exact) mass is 338 g/mol. The van der Waals surface area contributed by atoms with Gasteiger partial charge in [0.15, 0.2) is 5.84 Å². The molecule has 2 aliphatic heterocycles. The molecule has 24 heavy (non-hydrogen) atoms. The van der Waals surface area contributed by atoms with Crippen LogP contribution >= 0.6 is 0 Å². The summed E-state index contributed by atoms with van der Waals surface area (Å²) < 4.78 is 0. The molecular weight excluding hydrogens is 308 g/mol. The lowest BCUT2D eigenvalue weighted by molar-refractivity contribution is -0.126. The Morgan fingerprint density at radius 1 is 1.00 bits per heavy atom. The van der Waals surface area contributed by atoms with E-state index in [1.165, 1.54) is 38.9 Å².